The topological polar surface area (TPSA) is 37.3 Å². The second kappa shape index (κ2) is 5.31. The molecule has 0 saturated carbocycles. The standard InChI is InChI=1S/C10H20O2/c1-5-10(12)8(3)6-7(2)9(4)11/h7-8,10,12H,5-6H2,1-4H3/t7-,8+,10-/m1/s1. The van der Waals surface area contributed by atoms with E-state index in [1.807, 2.05) is 20.8 Å². The van der Waals surface area contributed by atoms with Crippen LogP contribution in [0.1, 0.15) is 40.5 Å². The first-order valence-electron chi connectivity index (χ1n) is 4.67. The summed E-state index contributed by atoms with van der Waals surface area (Å²) in [5.41, 5.74) is 0. The maximum atomic E-state index is 10.9. The second-order valence-corrected chi connectivity index (χ2v) is 3.70. The van der Waals surface area contributed by atoms with Gasteiger partial charge in [0.05, 0.1) is 6.10 Å². The van der Waals surface area contributed by atoms with Gasteiger partial charge in [-0.25, -0.2) is 0 Å². The molecular weight excluding hydrogens is 152 g/mol. The van der Waals surface area contributed by atoms with Crippen LogP contribution in [0.3, 0.4) is 0 Å². The monoisotopic (exact) mass is 172 g/mol. The first kappa shape index (κ1) is 11.6. The fourth-order valence-electron chi connectivity index (χ4n) is 1.28. The van der Waals surface area contributed by atoms with Gasteiger partial charge in [-0.15, -0.1) is 0 Å². The molecule has 0 amide bonds. The summed E-state index contributed by atoms with van der Waals surface area (Å²) in [5.74, 6) is 0.528. The van der Waals surface area contributed by atoms with E-state index in [9.17, 15) is 9.90 Å². The number of hydrogen-bond acceptors (Lipinski definition) is 2. The third kappa shape index (κ3) is 3.86. The molecule has 0 aromatic heterocycles. The van der Waals surface area contributed by atoms with Crippen molar-refractivity contribution in [3.05, 3.63) is 0 Å². The van der Waals surface area contributed by atoms with Crippen LogP contribution in [-0.4, -0.2) is 17.0 Å². The van der Waals surface area contributed by atoms with E-state index in [2.05, 4.69) is 0 Å². The van der Waals surface area contributed by atoms with Crippen LogP contribution in [0.25, 0.3) is 0 Å². The quantitative estimate of drug-likeness (QED) is 0.688. The molecule has 72 valence electrons. The smallest absolute Gasteiger partial charge is 0.132 e. The molecule has 0 fully saturated rings. The fraction of sp³-hybridized carbons (Fsp3) is 0.900. The van der Waals surface area contributed by atoms with Crippen molar-refractivity contribution in [1.29, 1.82) is 0 Å². The lowest BCUT2D eigenvalue weighted by Crippen LogP contribution is -2.21. The molecule has 2 heteroatoms. The van der Waals surface area contributed by atoms with Gasteiger partial charge in [-0.3, -0.25) is 4.79 Å². The highest BCUT2D eigenvalue weighted by molar-refractivity contribution is 5.77. The molecule has 0 aliphatic heterocycles. The SMILES string of the molecule is CC[C@@H](O)[C@@H](C)C[C@@H](C)C(C)=O. The van der Waals surface area contributed by atoms with E-state index in [0.717, 1.165) is 12.8 Å². The number of aliphatic hydroxyl groups excluding tert-OH is 1. The Morgan fingerprint density at radius 2 is 1.92 bits per heavy atom. The summed E-state index contributed by atoms with van der Waals surface area (Å²) in [6.45, 7) is 7.48. The Hall–Kier alpha value is -0.370. The number of carbonyl (C=O) groups is 1. The van der Waals surface area contributed by atoms with Gasteiger partial charge in [0.1, 0.15) is 5.78 Å². The van der Waals surface area contributed by atoms with Crippen molar-refractivity contribution < 1.29 is 9.90 Å². The minimum absolute atomic E-state index is 0.0844. The average Bonchev–Trinajstić information content (AvgIpc) is 2.02. The van der Waals surface area contributed by atoms with Gasteiger partial charge in [-0.1, -0.05) is 20.8 Å². The van der Waals surface area contributed by atoms with Crippen molar-refractivity contribution in [3.63, 3.8) is 0 Å². The highest BCUT2D eigenvalue weighted by atomic mass is 16.3. The molecular formula is C10H20O2. The summed E-state index contributed by atoms with van der Waals surface area (Å²) in [6, 6.07) is 0. The molecule has 2 nitrogen and oxygen atoms in total. The molecule has 0 aliphatic rings. The fourth-order valence-corrected chi connectivity index (χ4v) is 1.28. The Balaban J connectivity index is 3.83. The van der Waals surface area contributed by atoms with E-state index in [-0.39, 0.29) is 23.7 Å². The zero-order valence-electron chi connectivity index (χ0n) is 8.50. The summed E-state index contributed by atoms with van der Waals surface area (Å²) in [4.78, 5) is 10.9. The van der Waals surface area contributed by atoms with Gasteiger partial charge < -0.3 is 5.11 Å². The number of aliphatic hydroxyl groups is 1. The highest BCUT2D eigenvalue weighted by Crippen LogP contribution is 2.17. The van der Waals surface area contributed by atoms with Gasteiger partial charge in [-0.2, -0.15) is 0 Å². The van der Waals surface area contributed by atoms with E-state index >= 15 is 0 Å². The molecule has 0 aromatic rings. The van der Waals surface area contributed by atoms with Crippen molar-refractivity contribution in [2.24, 2.45) is 11.8 Å². The predicted molar refractivity (Wildman–Crippen MR) is 49.9 cm³/mol. The minimum Gasteiger partial charge on any atom is -0.393 e. The summed E-state index contributed by atoms with van der Waals surface area (Å²) < 4.78 is 0. The van der Waals surface area contributed by atoms with Crippen LogP contribution in [0.15, 0.2) is 0 Å². The zero-order valence-corrected chi connectivity index (χ0v) is 8.50. The Kier molecular flexibility index (Phi) is 5.14. The van der Waals surface area contributed by atoms with Crippen molar-refractivity contribution in [3.8, 4) is 0 Å². The van der Waals surface area contributed by atoms with Crippen LogP contribution >= 0.6 is 0 Å². The molecule has 12 heavy (non-hydrogen) atoms. The van der Waals surface area contributed by atoms with Crippen molar-refractivity contribution >= 4 is 5.78 Å². The Bertz CT molecular complexity index is 143. The summed E-state index contributed by atoms with van der Waals surface area (Å²) in [5, 5.41) is 9.45. The zero-order chi connectivity index (χ0) is 9.72. The van der Waals surface area contributed by atoms with Gasteiger partial charge >= 0.3 is 0 Å². The van der Waals surface area contributed by atoms with Crippen LogP contribution in [0.5, 0.6) is 0 Å². The average molecular weight is 172 g/mol. The second-order valence-electron chi connectivity index (χ2n) is 3.70. The molecule has 0 unspecified atom stereocenters. The third-order valence-corrected chi connectivity index (χ3v) is 2.49. The summed E-state index contributed by atoms with van der Waals surface area (Å²) >= 11 is 0. The molecule has 0 rings (SSSR count). The van der Waals surface area contributed by atoms with Crippen LogP contribution in [-0.2, 0) is 4.79 Å². The predicted octanol–water partition coefficient (Wildman–Crippen LogP) is 2.01. The van der Waals surface area contributed by atoms with Crippen molar-refractivity contribution in [2.75, 3.05) is 0 Å². The Morgan fingerprint density at radius 3 is 2.25 bits per heavy atom. The molecule has 0 saturated heterocycles. The van der Waals surface area contributed by atoms with E-state index < -0.39 is 0 Å². The molecule has 0 bridgehead atoms. The van der Waals surface area contributed by atoms with Gasteiger partial charge in [-0.05, 0) is 25.7 Å². The van der Waals surface area contributed by atoms with E-state index in [4.69, 9.17) is 0 Å². The molecule has 3 atom stereocenters. The van der Waals surface area contributed by atoms with E-state index in [1.165, 1.54) is 0 Å². The van der Waals surface area contributed by atoms with Crippen LogP contribution in [0.2, 0.25) is 0 Å². The van der Waals surface area contributed by atoms with Crippen LogP contribution < -0.4 is 0 Å². The van der Waals surface area contributed by atoms with Gasteiger partial charge in [0.25, 0.3) is 0 Å². The third-order valence-electron chi connectivity index (χ3n) is 2.49. The first-order valence-corrected chi connectivity index (χ1v) is 4.67. The molecule has 0 aromatic carbocycles. The first-order chi connectivity index (χ1) is 5.49. The molecule has 1 N–H and O–H groups in total. The van der Waals surface area contributed by atoms with Gasteiger partial charge in [0.2, 0.25) is 0 Å². The molecule has 0 heterocycles. The number of hydrogen-bond donors (Lipinski definition) is 1. The number of ketones is 1. The number of Topliss-reactive ketones (excluding diaryl/α,β-unsaturated/α-hetero) is 1. The number of carbonyl (C=O) groups excluding carboxylic acids is 1. The lowest BCUT2D eigenvalue weighted by atomic mass is 9.90. The van der Waals surface area contributed by atoms with E-state index in [0.29, 0.717) is 0 Å². The highest BCUT2D eigenvalue weighted by Gasteiger charge is 2.17. The van der Waals surface area contributed by atoms with Gasteiger partial charge in [0.15, 0.2) is 0 Å². The van der Waals surface area contributed by atoms with Crippen LogP contribution in [0.4, 0.5) is 0 Å². The maximum absolute atomic E-state index is 10.9. The lowest BCUT2D eigenvalue weighted by Gasteiger charge is -2.19. The van der Waals surface area contributed by atoms with Gasteiger partial charge in [0, 0.05) is 5.92 Å². The largest absolute Gasteiger partial charge is 0.393 e. The number of rotatable bonds is 5. The summed E-state index contributed by atoms with van der Waals surface area (Å²) in [7, 11) is 0. The lowest BCUT2D eigenvalue weighted by molar-refractivity contribution is -0.120. The Labute approximate surface area is 75.0 Å². The van der Waals surface area contributed by atoms with Crippen molar-refractivity contribution in [1.82, 2.24) is 0 Å². The van der Waals surface area contributed by atoms with Crippen molar-refractivity contribution in [2.45, 2.75) is 46.6 Å². The normalized spacial score (nSPS) is 18.4. The molecule has 0 radical (unpaired) electrons. The maximum Gasteiger partial charge on any atom is 0.132 e. The molecule has 0 spiro atoms. The van der Waals surface area contributed by atoms with E-state index in [1.54, 1.807) is 6.92 Å². The van der Waals surface area contributed by atoms with Crippen LogP contribution in [0, 0.1) is 11.8 Å². The minimum atomic E-state index is -0.258. The summed E-state index contributed by atoms with van der Waals surface area (Å²) in [6.07, 6.45) is 1.31. The Morgan fingerprint density at radius 1 is 1.42 bits per heavy atom. The molecule has 0 aliphatic carbocycles.